The Morgan fingerprint density at radius 3 is 1.90 bits per heavy atom. The molecule has 2 atom stereocenters. The van der Waals surface area contributed by atoms with E-state index in [2.05, 4.69) is 13.8 Å². The first-order valence-corrected chi connectivity index (χ1v) is 9.96. The molecule has 0 aliphatic carbocycles. The third-order valence-corrected chi connectivity index (χ3v) is 6.75. The summed E-state index contributed by atoms with van der Waals surface area (Å²) in [4.78, 5) is 19.6. The lowest BCUT2D eigenvalue weighted by Gasteiger charge is -2.36. The molecule has 0 heterocycles. The van der Waals surface area contributed by atoms with E-state index in [1.54, 1.807) is 6.92 Å². The molecule has 4 heteroatoms. The summed E-state index contributed by atoms with van der Waals surface area (Å²) in [7, 11) is -4.05. The third kappa shape index (κ3) is 6.74. The largest absolute Gasteiger partial charge is 0.331 e. The molecular weight excluding hydrogens is 271 g/mol. The van der Waals surface area contributed by atoms with Gasteiger partial charge in [-0.05, 0) is 25.7 Å². The summed E-state index contributed by atoms with van der Waals surface area (Å²) in [6.45, 7) is 8.14. The number of hydrogen-bond acceptors (Lipinski definition) is 1. The molecule has 0 aromatic rings. The highest BCUT2D eigenvalue weighted by Gasteiger charge is 2.45. The van der Waals surface area contributed by atoms with Crippen LogP contribution in [-0.2, 0) is 4.57 Å². The molecule has 0 aromatic carbocycles. The molecule has 0 rings (SSSR count). The van der Waals surface area contributed by atoms with E-state index in [0.29, 0.717) is 6.42 Å². The van der Waals surface area contributed by atoms with Gasteiger partial charge in [0.1, 0.15) is 0 Å². The van der Waals surface area contributed by atoms with Gasteiger partial charge in [-0.3, -0.25) is 4.57 Å². The summed E-state index contributed by atoms with van der Waals surface area (Å²) in [6.07, 6.45) is 10.6. The van der Waals surface area contributed by atoms with E-state index in [9.17, 15) is 14.4 Å². The zero-order valence-corrected chi connectivity index (χ0v) is 14.8. The van der Waals surface area contributed by atoms with Gasteiger partial charge in [0.15, 0.2) is 0 Å². The van der Waals surface area contributed by atoms with Gasteiger partial charge in [-0.2, -0.15) is 0 Å². The minimum atomic E-state index is -4.05. The molecule has 0 spiro atoms. The standard InChI is InChI=1S/C16H35O3P/c1-5-7-9-11-13-15(3)16(4,20(17,18)19)14-12-10-8-6-2/h15H,5-14H2,1-4H3,(H2,17,18,19). The van der Waals surface area contributed by atoms with E-state index < -0.39 is 12.8 Å². The third-order valence-electron chi connectivity index (χ3n) is 4.75. The molecule has 0 saturated heterocycles. The van der Waals surface area contributed by atoms with Crippen molar-refractivity contribution in [1.82, 2.24) is 0 Å². The molecule has 3 nitrogen and oxygen atoms in total. The zero-order chi connectivity index (χ0) is 15.6. The van der Waals surface area contributed by atoms with E-state index in [1.165, 1.54) is 19.3 Å². The molecule has 0 aromatic heterocycles. The van der Waals surface area contributed by atoms with Gasteiger partial charge >= 0.3 is 7.60 Å². The highest BCUT2D eigenvalue weighted by atomic mass is 31.2. The molecule has 0 saturated carbocycles. The van der Waals surface area contributed by atoms with Crippen molar-refractivity contribution < 1.29 is 14.4 Å². The molecule has 0 bridgehead atoms. The Labute approximate surface area is 125 Å². The predicted octanol–water partition coefficient (Wildman–Crippen LogP) is 5.50. The molecule has 122 valence electrons. The zero-order valence-electron chi connectivity index (χ0n) is 13.9. The Morgan fingerprint density at radius 1 is 0.950 bits per heavy atom. The lowest BCUT2D eigenvalue weighted by Crippen LogP contribution is -2.33. The van der Waals surface area contributed by atoms with E-state index in [-0.39, 0.29) is 5.92 Å². The van der Waals surface area contributed by atoms with Crippen molar-refractivity contribution in [3.63, 3.8) is 0 Å². The summed E-state index contributed by atoms with van der Waals surface area (Å²) in [5, 5.41) is -0.840. The number of unbranched alkanes of at least 4 members (excludes halogenated alkanes) is 6. The van der Waals surface area contributed by atoms with Crippen LogP contribution < -0.4 is 0 Å². The van der Waals surface area contributed by atoms with Crippen molar-refractivity contribution in [2.75, 3.05) is 0 Å². The van der Waals surface area contributed by atoms with Crippen LogP contribution >= 0.6 is 7.60 Å². The highest BCUT2D eigenvalue weighted by Crippen LogP contribution is 2.57. The predicted molar refractivity (Wildman–Crippen MR) is 87.1 cm³/mol. The maximum Gasteiger partial charge on any atom is 0.331 e. The number of rotatable bonds is 12. The number of hydrogen-bond donors (Lipinski definition) is 2. The summed E-state index contributed by atoms with van der Waals surface area (Å²) in [5.41, 5.74) is 0. The topological polar surface area (TPSA) is 57.5 Å². The average Bonchev–Trinajstić information content (AvgIpc) is 2.38. The molecular formula is C16H35O3P. The van der Waals surface area contributed by atoms with Gasteiger partial charge in [-0.15, -0.1) is 0 Å². The van der Waals surface area contributed by atoms with Crippen molar-refractivity contribution in [2.24, 2.45) is 5.92 Å². The molecule has 2 N–H and O–H groups in total. The fraction of sp³-hybridized carbons (Fsp3) is 1.00. The van der Waals surface area contributed by atoms with E-state index in [1.807, 2.05) is 6.92 Å². The molecule has 0 aliphatic heterocycles. The Hall–Kier alpha value is 0.150. The second kappa shape index (κ2) is 9.97. The fourth-order valence-electron chi connectivity index (χ4n) is 2.78. The Morgan fingerprint density at radius 2 is 1.45 bits per heavy atom. The molecule has 0 fully saturated rings. The van der Waals surface area contributed by atoms with Gasteiger partial charge in [0.25, 0.3) is 0 Å². The van der Waals surface area contributed by atoms with Gasteiger partial charge in [0.2, 0.25) is 0 Å². The van der Waals surface area contributed by atoms with E-state index in [0.717, 1.165) is 38.5 Å². The maximum atomic E-state index is 11.9. The molecule has 0 radical (unpaired) electrons. The van der Waals surface area contributed by atoms with Crippen molar-refractivity contribution in [2.45, 2.75) is 97.1 Å². The van der Waals surface area contributed by atoms with Crippen LogP contribution in [0.4, 0.5) is 0 Å². The van der Waals surface area contributed by atoms with Crippen molar-refractivity contribution >= 4 is 7.60 Å². The first-order chi connectivity index (χ1) is 9.29. The molecule has 0 aliphatic rings. The first-order valence-electron chi connectivity index (χ1n) is 8.35. The van der Waals surface area contributed by atoms with Crippen LogP contribution in [0.2, 0.25) is 0 Å². The van der Waals surface area contributed by atoms with Gasteiger partial charge in [-0.1, -0.05) is 72.1 Å². The van der Waals surface area contributed by atoms with Crippen LogP contribution in [0.25, 0.3) is 0 Å². The molecule has 2 unspecified atom stereocenters. The normalized spacial score (nSPS) is 16.9. The molecule has 20 heavy (non-hydrogen) atoms. The van der Waals surface area contributed by atoms with Gasteiger partial charge in [-0.25, -0.2) is 0 Å². The van der Waals surface area contributed by atoms with Crippen molar-refractivity contribution in [1.29, 1.82) is 0 Å². The monoisotopic (exact) mass is 306 g/mol. The minimum absolute atomic E-state index is 0.0850. The minimum Gasteiger partial charge on any atom is -0.324 e. The smallest absolute Gasteiger partial charge is 0.324 e. The maximum absolute atomic E-state index is 11.9. The van der Waals surface area contributed by atoms with Gasteiger partial charge in [0, 0.05) is 0 Å². The van der Waals surface area contributed by atoms with Crippen molar-refractivity contribution in [3.8, 4) is 0 Å². The van der Waals surface area contributed by atoms with Crippen LogP contribution in [0.15, 0.2) is 0 Å². The Balaban J connectivity index is 4.48. The van der Waals surface area contributed by atoms with Crippen LogP contribution in [-0.4, -0.2) is 14.9 Å². The van der Waals surface area contributed by atoms with Crippen molar-refractivity contribution in [3.05, 3.63) is 0 Å². The average molecular weight is 306 g/mol. The van der Waals surface area contributed by atoms with Crippen LogP contribution in [0.1, 0.15) is 91.9 Å². The van der Waals surface area contributed by atoms with Gasteiger partial charge < -0.3 is 9.79 Å². The quantitative estimate of drug-likeness (QED) is 0.370. The lowest BCUT2D eigenvalue weighted by molar-refractivity contribution is 0.262. The van der Waals surface area contributed by atoms with E-state index >= 15 is 0 Å². The lowest BCUT2D eigenvalue weighted by atomic mass is 9.85. The fourth-order valence-corrected chi connectivity index (χ4v) is 3.93. The SMILES string of the molecule is CCCCCCC(C)C(C)(CCCCCC)P(=O)(O)O. The summed E-state index contributed by atoms with van der Waals surface area (Å²) >= 11 is 0. The summed E-state index contributed by atoms with van der Waals surface area (Å²) in [5.74, 6) is 0.0850. The van der Waals surface area contributed by atoms with Crippen LogP contribution in [0.3, 0.4) is 0 Å². The molecule has 0 amide bonds. The van der Waals surface area contributed by atoms with Gasteiger partial charge in [0.05, 0.1) is 5.16 Å². The second-order valence-electron chi connectivity index (χ2n) is 6.46. The van der Waals surface area contributed by atoms with Crippen LogP contribution in [0, 0.1) is 5.92 Å². The first kappa shape index (κ1) is 20.1. The summed E-state index contributed by atoms with van der Waals surface area (Å²) < 4.78 is 11.9. The Bertz CT molecular complexity index is 287. The summed E-state index contributed by atoms with van der Waals surface area (Å²) in [6, 6.07) is 0. The second-order valence-corrected chi connectivity index (χ2v) is 8.57. The highest BCUT2D eigenvalue weighted by molar-refractivity contribution is 7.53. The Kier molecular flexibility index (Phi) is 10.0. The van der Waals surface area contributed by atoms with E-state index in [4.69, 9.17) is 0 Å². The van der Waals surface area contributed by atoms with Crippen LogP contribution in [0.5, 0.6) is 0 Å².